The number of hydrogen-bond donors (Lipinski definition) is 2. The van der Waals surface area contributed by atoms with Crippen LogP contribution in [0.5, 0.6) is 0 Å². The van der Waals surface area contributed by atoms with E-state index in [1.807, 2.05) is 13.8 Å². The number of carbonyl (C=O) groups is 1. The zero-order valence-corrected chi connectivity index (χ0v) is 12.3. The van der Waals surface area contributed by atoms with Crippen molar-refractivity contribution >= 4 is 5.91 Å². The molecular weight excluding hydrogens is 240 g/mol. The van der Waals surface area contributed by atoms with Crippen molar-refractivity contribution in [3.05, 3.63) is 0 Å². The van der Waals surface area contributed by atoms with Crippen molar-refractivity contribution in [1.82, 2.24) is 10.2 Å². The SMILES string of the molecule is CCNC(=O)C(C)N1CCCC1C1CCCCC1O. The van der Waals surface area contributed by atoms with E-state index in [2.05, 4.69) is 10.2 Å². The molecule has 1 amide bonds. The Bertz CT molecular complexity index is 309. The van der Waals surface area contributed by atoms with Crippen molar-refractivity contribution < 1.29 is 9.90 Å². The highest BCUT2D eigenvalue weighted by Crippen LogP contribution is 2.35. The van der Waals surface area contributed by atoms with E-state index >= 15 is 0 Å². The smallest absolute Gasteiger partial charge is 0.237 e. The molecule has 110 valence electrons. The fraction of sp³-hybridized carbons (Fsp3) is 0.933. The van der Waals surface area contributed by atoms with Gasteiger partial charge in [-0.05, 0) is 46.1 Å². The molecule has 4 nitrogen and oxygen atoms in total. The van der Waals surface area contributed by atoms with Gasteiger partial charge in [-0.25, -0.2) is 0 Å². The molecule has 0 radical (unpaired) electrons. The highest BCUT2D eigenvalue weighted by molar-refractivity contribution is 5.81. The molecule has 1 aliphatic carbocycles. The fourth-order valence-corrected chi connectivity index (χ4v) is 3.82. The Labute approximate surface area is 116 Å². The van der Waals surface area contributed by atoms with Crippen LogP contribution in [0.15, 0.2) is 0 Å². The van der Waals surface area contributed by atoms with Gasteiger partial charge >= 0.3 is 0 Å². The highest BCUT2D eigenvalue weighted by Gasteiger charge is 2.39. The molecule has 1 heterocycles. The zero-order valence-electron chi connectivity index (χ0n) is 12.3. The molecule has 1 aliphatic heterocycles. The molecule has 2 rings (SSSR count). The number of likely N-dealkylation sites (tertiary alicyclic amines) is 1. The van der Waals surface area contributed by atoms with Gasteiger partial charge in [0.1, 0.15) is 0 Å². The van der Waals surface area contributed by atoms with Gasteiger partial charge in [0.25, 0.3) is 0 Å². The van der Waals surface area contributed by atoms with Gasteiger partial charge < -0.3 is 10.4 Å². The fourth-order valence-electron chi connectivity index (χ4n) is 3.82. The summed E-state index contributed by atoms with van der Waals surface area (Å²) in [6.45, 7) is 5.63. The van der Waals surface area contributed by atoms with Gasteiger partial charge in [-0.15, -0.1) is 0 Å². The molecule has 4 unspecified atom stereocenters. The van der Waals surface area contributed by atoms with Crippen molar-refractivity contribution in [3.63, 3.8) is 0 Å². The maximum atomic E-state index is 12.0. The van der Waals surface area contributed by atoms with Crippen molar-refractivity contribution in [2.24, 2.45) is 5.92 Å². The largest absolute Gasteiger partial charge is 0.393 e. The Morgan fingerprint density at radius 3 is 2.74 bits per heavy atom. The van der Waals surface area contributed by atoms with Gasteiger partial charge in [-0.2, -0.15) is 0 Å². The second-order valence-corrected chi connectivity index (χ2v) is 6.03. The lowest BCUT2D eigenvalue weighted by Gasteiger charge is -2.39. The molecule has 1 saturated carbocycles. The first-order valence-corrected chi connectivity index (χ1v) is 7.86. The van der Waals surface area contributed by atoms with Crippen molar-refractivity contribution in [1.29, 1.82) is 0 Å². The van der Waals surface area contributed by atoms with Crippen molar-refractivity contribution in [2.45, 2.75) is 70.6 Å². The molecule has 4 atom stereocenters. The molecule has 0 aromatic carbocycles. The normalized spacial score (nSPS) is 34.2. The van der Waals surface area contributed by atoms with Crippen molar-refractivity contribution in [3.8, 4) is 0 Å². The first-order chi connectivity index (χ1) is 9.15. The third-order valence-corrected chi connectivity index (χ3v) is 4.85. The van der Waals surface area contributed by atoms with Crippen LogP contribution in [0.1, 0.15) is 52.4 Å². The Morgan fingerprint density at radius 2 is 2.05 bits per heavy atom. The third kappa shape index (κ3) is 3.29. The zero-order chi connectivity index (χ0) is 13.8. The van der Waals surface area contributed by atoms with Crippen molar-refractivity contribution in [2.75, 3.05) is 13.1 Å². The van der Waals surface area contributed by atoms with Crippen LogP contribution in [-0.2, 0) is 4.79 Å². The minimum absolute atomic E-state index is 0.0680. The van der Waals surface area contributed by atoms with E-state index in [0.717, 1.165) is 38.6 Å². The lowest BCUT2D eigenvalue weighted by atomic mass is 9.80. The molecular formula is C15H28N2O2. The molecule has 0 aromatic rings. The van der Waals surface area contributed by atoms with Gasteiger partial charge in [-0.3, -0.25) is 9.69 Å². The summed E-state index contributed by atoms with van der Waals surface area (Å²) in [6, 6.07) is 0.328. The predicted molar refractivity (Wildman–Crippen MR) is 75.8 cm³/mol. The van der Waals surface area contributed by atoms with Crippen LogP contribution in [-0.4, -0.2) is 47.2 Å². The molecule has 19 heavy (non-hydrogen) atoms. The number of nitrogens with zero attached hydrogens (tertiary/aromatic N) is 1. The summed E-state index contributed by atoms with van der Waals surface area (Å²) in [6.07, 6.45) is 6.54. The molecule has 0 spiro atoms. The summed E-state index contributed by atoms with van der Waals surface area (Å²) in [5.74, 6) is 0.493. The van der Waals surface area contributed by atoms with Crippen LogP contribution in [0.4, 0.5) is 0 Å². The van der Waals surface area contributed by atoms with Crippen LogP contribution >= 0.6 is 0 Å². The Kier molecular flexibility index (Phi) is 5.22. The number of rotatable bonds is 4. The summed E-state index contributed by atoms with van der Waals surface area (Å²) in [4.78, 5) is 14.3. The van der Waals surface area contributed by atoms with E-state index in [9.17, 15) is 9.90 Å². The van der Waals surface area contributed by atoms with Crippen LogP contribution in [0, 0.1) is 5.92 Å². The van der Waals surface area contributed by atoms with Gasteiger partial charge in [0, 0.05) is 18.5 Å². The Hall–Kier alpha value is -0.610. The van der Waals surface area contributed by atoms with E-state index in [4.69, 9.17) is 0 Å². The standard InChI is InChI=1S/C15H28N2O2/c1-3-16-15(19)11(2)17-10-6-8-13(17)12-7-4-5-9-14(12)18/h11-14,18H,3-10H2,1-2H3,(H,16,19). The van der Waals surface area contributed by atoms with Gasteiger partial charge in [0.15, 0.2) is 0 Å². The molecule has 4 heteroatoms. The lowest BCUT2D eigenvalue weighted by molar-refractivity contribution is -0.127. The van der Waals surface area contributed by atoms with E-state index in [-0.39, 0.29) is 18.1 Å². The molecule has 2 fully saturated rings. The maximum absolute atomic E-state index is 12.0. The number of likely N-dealkylation sites (N-methyl/N-ethyl adjacent to an activating group) is 1. The topological polar surface area (TPSA) is 52.6 Å². The van der Waals surface area contributed by atoms with E-state index < -0.39 is 0 Å². The molecule has 2 aliphatic rings. The average molecular weight is 268 g/mol. The number of nitrogens with one attached hydrogen (secondary N) is 1. The van der Waals surface area contributed by atoms with Crippen LogP contribution in [0.25, 0.3) is 0 Å². The summed E-state index contributed by atoms with van der Waals surface area (Å²) < 4.78 is 0. The summed E-state index contributed by atoms with van der Waals surface area (Å²) in [7, 11) is 0. The summed E-state index contributed by atoms with van der Waals surface area (Å²) >= 11 is 0. The summed E-state index contributed by atoms with van der Waals surface area (Å²) in [5, 5.41) is 13.2. The van der Waals surface area contributed by atoms with Crippen LogP contribution in [0.3, 0.4) is 0 Å². The number of amides is 1. The van der Waals surface area contributed by atoms with E-state index in [0.29, 0.717) is 18.5 Å². The van der Waals surface area contributed by atoms with Gasteiger partial charge in [-0.1, -0.05) is 12.8 Å². The number of aliphatic hydroxyl groups is 1. The second-order valence-electron chi connectivity index (χ2n) is 6.03. The lowest BCUT2D eigenvalue weighted by Crippen LogP contribution is -2.51. The first-order valence-electron chi connectivity index (χ1n) is 7.86. The number of hydrogen-bond acceptors (Lipinski definition) is 3. The van der Waals surface area contributed by atoms with Crippen LogP contribution < -0.4 is 5.32 Å². The second kappa shape index (κ2) is 6.71. The Morgan fingerprint density at radius 1 is 1.32 bits per heavy atom. The quantitative estimate of drug-likeness (QED) is 0.813. The third-order valence-electron chi connectivity index (χ3n) is 4.85. The number of aliphatic hydroxyl groups excluding tert-OH is 1. The molecule has 0 bridgehead atoms. The monoisotopic (exact) mass is 268 g/mol. The van der Waals surface area contributed by atoms with Gasteiger partial charge in [0.05, 0.1) is 12.1 Å². The van der Waals surface area contributed by atoms with E-state index in [1.165, 1.54) is 6.42 Å². The number of carbonyl (C=O) groups excluding carboxylic acids is 1. The first kappa shape index (κ1) is 14.8. The molecule has 2 N–H and O–H groups in total. The minimum atomic E-state index is -0.166. The average Bonchev–Trinajstić information content (AvgIpc) is 2.87. The summed E-state index contributed by atoms with van der Waals surface area (Å²) in [5.41, 5.74) is 0. The predicted octanol–water partition coefficient (Wildman–Crippen LogP) is 1.53. The van der Waals surface area contributed by atoms with Gasteiger partial charge in [0.2, 0.25) is 5.91 Å². The maximum Gasteiger partial charge on any atom is 0.237 e. The minimum Gasteiger partial charge on any atom is -0.393 e. The highest BCUT2D eigenvalue weighted by atomic mass is 16.3. The molecule has 0 aromatic heterocycles. The van der Waals surface area contributed by atoms with Crippen LogP contribution in [0.2, 0.25) is 0 Å². The molecule has 1 saturated heterocycles. The van der Waals surface area contributed by atoms with E-state index in [1.54, 1.807) is 0 Å². The Balaban J connectivity index is 2.01.